The number of imidazole rings is 1. The SMILES string of the molecule is Cc1ccc(-c2cccc(-c3nc(-c4ccccc4)n4ccccc34)c2)cc1C. The Bertz CT molecular complexity index is 1310. The minimum absolute atomic E-state index is 0.966. The van der Waals surface area contributed by atoms with E-state index < -0.39 is 0 Å². The van der Waals surface area contributed by atoms with Gasteiger partial charge in [0, 0.05) is 17.3 Å². The minimum atomic E-state index is 0.966. The Kier molecular flexibility index (Phi) is 4.25. The number of aryl methyl sites for hydroxylation is 2. The first-order valence-corrected chi connectivity index (χ1v) is 9.91. The van der Waals surface area contributed by atoms with Gasteiger partial charge in [-0.25, -0.2) is 4.98 Å². The molecule has 0 spiro atoms. The normalized spacial score (nSPS) is 11.1. The van der Waals surface area contributed by atoms with E-state index in [2.05, 4.69) is 109 Å². The summed E-state index contributed by atoms with van der Waals surface area (Å²) in [5.74, 6) is 0.966. The van der Waals surface area contributed by atoms with Gasteiger partial charge in [0.05, 0.1) is 11.2 Å². The Balaban J connectivity index is 1.68. The lowest BCUT2D eigenvalue weighted by Gasteiger charge is -2.07. The van der Waals surface area contributed by atoms with Gasteiger partial charge in [0.2, 0.25) is 0 Å². The molecule has 0 unspecified atom stereocenters. The van der Waals surface area contributed by atoms with E-state index >= 15 is 0 Å². The first-order chi connectivity index (χ1) is 14.2. The van der Waals surface area contributed by atoms with Crippen LogP contribution in [0, 0.1) is 13.8 Å². The quantitative estimate of drug-likeness (QED) is 0.334. The van der Waals surface area contributed by atoms with E-state index in [1.165, 1.54) is 22.3 Å². The summed E-state index contributed by atoms with van der Waals surface area (Å²) in [7, 11) is 0. The van der Waals surface area contributed by atoms with Crippen LogP contribution in [0.15, 0.2) is 97.2 Å². The first-order valence-electron chi connectivity index (χ1n) is 9.91. The summed E-state index contributed by atoms with van der Waals surface area (Å²) < 4.78 is 2.17. The number of hydrogen-bond donors (Lipinski definition) is 0. The van der Waals surface area contributed by atoms with Crippen LogP contribution in [-0.2, 0) is 0 Å². The summed E-state index contributed by atoms with van der Waals surface area (Å²) in [6, 6.07) is 32.0. The molecule has 5 aromatic rings. The molecular weight excluding hydrogens is 352 g/mol. The smallest absolute Gasteiger partial charge is 0.145 e. The molecule has 29 heavy (non-hydrogen) atoms. The van der Waals surface area contributed by atoms with Gasteiger partial charge in [-0.3, -0.25) is 4.40 Å². The number of pyridine rings is 1. The highest BCUT2D eigenvalue weighted by Gasteiger charge is 2.14. The lowest BCUT2D eigenvalue weighted by Crippen LogP contribution is -1.87. The highest BCUT2D eigenvalue weighted by molar-refractivity contribution is 5.83. The molecule has 0 atom stereocenters. The predicted molar refractivity (Wildman–Crippen MR) is 121 cm³/mol. The van der Waals surface area contributed by atoms with Gasteiger partial charge in [0.25, 0.3) is 0 Å². The molecule has 0 saturated heterocycles. The first kappa shape index (κ1) is 17.4. The van der Waals surface area contributed by atoms with Gasteiger partial charge in [-0.1, -0.05) is 72.8 Å². The summed E-state index contributed by atoms with van der Waals surface area (Å²) in [5, 5.41) is 0. The van der Waals surface area contributed by atoms with Crippen molar-refractivity contribution < 1.29 is 0 Å². The molecular formula is C27H22N2. The number of aromatic nitrogens is 2. The van der Waals surface area contributed by atoms with Crippen LogP contribution in [0.3, 0.4) is 0 Å². The van der Waals surface area contributed by atoms with Gasteiger partial charge in [0.15, 0.2) is 0 Å². The Morgan fingerprint density at radius 3 is 2.14 bits per heavy atom. The maximum Gasteiger partial charge on any atom is 0.145 e. The van der Waals surface area contributed by atoms with E-state index in [0.29, 0.717) is 0 Å². The third kappa shape index (κ3) is 3.13. The highest BCUT2D eigenvalue weighted by atomic mass is 15.0. The fraction of sp³-hybridized carbons (Fsp3) is 0.0741. The third-order valence-electron chi connectivity index (χ3n) is 5.56. The molecule has 140 valence electrons. The zero-order valence-electron chi connectivity index (χ0n) is 16.6. The maximum absolute atomic E-state index is 5.06. The molecule has 0 N–H and O–H groups in total. The zero-order valence-corrected chi connectivity index (χ0v) is 16.6. The van der Waals surface area contributed by atoms with Crippen LogP contribution in [0.1, 0.15) is 11.1 Å². The number of benzene rings is 3. The van der Waals surface area contributed by atoms with Crippen molar-refractivity contribution >= 4 is 5.52 Å². The Hall–Kier alpha value is -3.65. The lowest BCUT2D eigenvalue weighted by atomic mass is 9.98. The number of hydrogen-bond acceptors (Lipinski definition) is 1. The Labute approximate surface area is 171 Å². The number of nitrogens with zero attached hydrogens (tertiary/aromatic N) is 2. The molecule has 2 heterocycles. The van der Waals surface area contributed by atoms with Gasteiger partial charge in [-0.2, -0.15) is 0 Å². The number of rotatable bonds is 3. The van der Waals surface area contributed by atoms with Crippen LogP contribution in [0.4, 0.5) is 0 Å². The second-order valence-electron chi connectivity index (χ2n) is 7.49. The highest BCUT2D eigenvalue weighted by Crippen LogP contribution is 2.32. The van der Waals surface area contributed by atoms with Gasteiger partial charge in [-0.05, 0) is 54.3 Å². The van der Waals surface area contributed by atoms with Gasteiger partial charge < -0.3 is 0 Å². The largest absolute Gasteiger partial charge is 0.299 e. The Morgan fingerprint density at radius 1 is 0.586 bits per heavy atom. The molecule has 0 aliphatic carbocycles. The molecule has 0 radical (unpaired) electrons. The van der Waals surface area contributed by atoms with Crippen molar-refractivity contribution in [1.29, 1.82) is 0 Å². The molecule has 0 aliphatic rings. The van der Waals surface area contributed by atoms with Crippen LogP contribution < -0.4 is 0 Å². The van der Waals surface area contributed by atoms with Crippen molar-refractivity contribution in [3.63, 3.8) is 0 Å². The molecule has 5 rings (SSSR count). The van der Waals surface area contributed by atoms with Crippen LogP contribution >= 0.6 is 0 Å². The van der Waals surface area contributed by atoms with E-state index in [-0.39, 0.29) is 0 Å². The minimum Gasteiger partial charge on any atom is -0.299 e. The molecule has 2 heteroatoms. The number of fused-ring (bicyclic) bond motifs is 1. The third-order valence-corrected chi connectivity index (χ3v) is 5.56. The van der Waals surface area contributed by atoms with Crippen molar-refractivity contribution in [3.8, 4) is 33.8 Å². The summed E-state index contributed by atoms with van der Waals surface area (Å²) in [6.07, 6.45) is 2.08. The molecule has 2 aromatic heterocycles. The monoisotopic (exact) mass is 374 g/mol. The summed E-state index contributed by atoms with van der Waals surface area (Å²) in [6.45, 7) is 4.32. The fourth-order valence-corrected chi connectivity index (χ4v) is 3.81. The summed E-state index contributed by atoms with van der Waals surface area (Å²) in [4.78, 5) is 5.06. The van der Waals surface area contributed by atoms with Crippen molar-refractivity contribution in [2.75, 3.05) is 0 Å². The van der Waals surface area contributed by atoms with Gasteiger partial charge >= 0.3 is 0 Å². The van der Waals surface area contributed by atoms with Crippen LogP contribution in [0.2, 0.25) is 0 Å². The topological polar surface area (TPSA) is 17.3 Å². The lowest BCUT2D eigenvalue weighted by molar-refractivity contribution is 1.16. The van der Waals surface area contributed by atoms with E-state index in [0.717, 1.165) is 28.2 Å². The van der Waals surface area contributed by atoms with Crippen molar-refractivity contribution in [2.24, 2.45) is 0 Å². The zero-order chi connectivity index (χ0) is 19.8. The molecule has 0 bridgehead atoms. The van der Waals surface area contributed by atoms with Crippen LogP contribution in [0.25, 0.3) is 39.3 Å². The van der Waals surface area contributed by atoms with E-state index in [1.807, 2.05) is 6.07 Å². The fourth-order valence-electron chi connectivity index (χ4n) is 3.81. The van der Waals surface area contributed by atoms with Crippen LogP contribution in [0.5, 0.6) is 0 Å². The standard InChI is InChI=1S/C27H22N2/c1-19-14-15-23(17-20(19)2)22-11-8-12-24(18-22)26-25-13-6-7-16-29(25)27(28-26)21-9-4-3-5-10-21/h3-18H,1-2H3. The molecule has 3 aromatic carbocycles. The summed E-state index contributed by atoms with van der Waals surface area (Å²) >= 11 is 0. The van der Waals surface area contributed by atoms with Crippen molar-refractivity contribution in [2.45, 2.75) is 13.8 Å². The molecule has 0 fully saturated rings. The predicted octanol–water partition coefficient (Wildman–Crippen LogP) is 6.95. The summed E-state index contributed by atoms with van der Waals surface area (Å²) in [5.41, 5.74) is 9.45. The average molecular weight is 374 g/mol. The second kappa shape index (κ2) is 7.06. The second-order valence-corrected chi connectivity index (χ2v) is 7.49. The molecule has 0 saturated carbocycles. The van der Waals surface area contributed by atoms with Gasteiger partial charge in [-0.15, -0.1) is 0 Å². The molecule has 0 amide bonds. The Morgan fingerprint density at radius 2 is 1.31 bits per heavy atom. The van der Waals surface area contributed by atoms with E-state index in [9.17, 15) is 0 Å². The van der Waals surface area contributed by atoms with E-state index in [4.69, 9.17) is 4.98 Å². The average Bonchev–Trinajstić information content (AvgIpc) is 3.16. The van der Waals surface area contributed by atoms with E-state index in [1.54, 1.807) is 0 Å². The molecule has 2 nitrogen and oxygen atoms in total. The maximum atomic E-state index is 5.06. The van der Waals surface area contributed by atoms with Crippen molar-refractivity contribution in [1.82, 2.24) is 9.38 Å². The van der Waals surface area contributed by atoms with Crippen molar-refractivity contribution in [3.05, 3.63) is 108 Å². The molecule has 0 aliphatic heterocycles. The van der Waals surface area contributed by atoms with Crippen LogP contribution in [-0.4, -0.2) is 9.38 Å². The van der Waals surface area contributed by atoms with Gasteiger partial charge in [0.1, 0.15) is 5.82 Å².